The van der Waals surface area contributed by atoms with E-state index in [0.29, 0.717) is 6.04 Å². The van der Waals surface area contributed by atoms with Crippen molar-refractivity contribution in [2.24, 2.45) is 5.92 Å². The van der Waals surface area contributed by atoms with Crippen molar-refractivity contribution in [1.82, 2.24) is 20.0 Å². The fourth-order valence-electron chi connectivity index (χ4n) is 4.08. The summed E-state index contributed by atoms with van der Waals surface area (Å²) in [6.07, 6.45) is 12.3. The molecule has 1 aromatic rings. The van der Waals surface area contributed by atoms with Gasteiger partial charge in [0.1, 0.15) is 0 Å². The second-order valence-electron chi connectivity index (χ2n) is 6.98. The van der Waals surface area contributed by atoms with Crippen LogP contribution in [-0.4, -0.2) is 39.7 Å². The van der Waals surface area contributed by atoms with Crippen molar-refractivity contribution in [2.75, 3.05) is 13.1 Å². The van der Waals surface area contributed by atoms with Crippen LogP contribution in [0.3, 0.4) is 0 Å². The molecule has 3 rings (SSSR count). The zero-order valence-electron chi connectivity index (χ0n) is 14.3. The van der Waals surface area contributed by atoms with E-state index in [4.69, 9.17) is 0 Å². The lowest BCUT2D eigenvalue weighted by Crippen LogP contribution is -2.44. The fraction of sp³-hybridized carbons (Fsp3) is 0.778. The van der Waals surface area contributed by atoms with Crippen molar-refractivity contribution in [3.63, 3.8) is 0 Å². The van der Waals surface area contributed by atoms with Gasteiger partial charge in [-0.25, -0.2) is 0 Å². The van der Waals surface area contributed by atoms with Crippen molar-refractivity contribution in [2.45, 2.75) is 71.0 Å². The smallest absolute Gasteiger partial charge is 0.224 e. The van der Waals surface area contributed by atoms with Gasteiger partial charge in [-0.3, -0.25) is 14.4 Å². The molecule has 2 fully saturated rings. The van der Waals surface area contributed by atoms with Crippen LogP contribution in [0.25, 0.3) is 0 Å². The summed E-state index contributed by atoms with van der Waals surface area (Å²) in [6, 6.07) is 0.401. The first-order chi connectivity index (χ1) is 11.3. The predicted octanol–water partition coefficient (Wildman–Crippen LogP) is 2.56. The predicted molar refractivity (Wildman–Crippen MR) is 90.9 cm³/mol. The summed E-state index contributed by atoms with van der Waals surface area (Å²) in [6.45, 7) is 5.90. The highest BCUT2D eigenvalue weighted by atomic mass is 16.1. The highest BCUT2D eigenvalue weighted by molar-refractivity contribution is 5.79. The van der Waals surface area contributed by atoms with Gasteiger partial charge in [0.25, 0.3) is 0 Å². The van der Waals surface area contributed by atoms with E-state index in [1.165, 1.54) is 31.2 Å². The standard InChI is InChI=1S/C18H30N4O/c1-2-22-14-15(12-20-22)13-21-11-6-4-3-5-10-19-18(23)16-8-7-9-17(16)21/h12,14,16-17H,2-11,13H2,1H3,(H,19,23). The fourth-order valence-corrected chi connectivity index (χ4v) is 4.08. The van der Waals surface area contributed by atoms with Crippen LogP contribution in [-0.2, 0) is 17.9 Å². The number of carbonyl (C=O) groups excluding carboxylic acids is 1. The van der Waals surface area contributed by atoms with Gasteiger partial charge in [0.05, 0.1) is 12.1 Å². The van der Waals surface area contributed by atoms with E-state index in [1.54, 1.807) is 0 Å². The molecule has 2 heterocycles. The van der Waals surface area contributed by atoms with E-state index in [0.717, 1.165) is 45.4 Å². The molecule has 1 aliphatic carbocycles. The quantitative estimate of drug-likeness (QED) is 0.932. The lowest BCUT2D eigenvalue weighted by atomic mass is 10.00. The van der Waals surface area contributed by atoms with E-state index < -0.39 is 0 Å². The molecule has 23 heavy (non-hydrogen) atoms. The molecule has 5 nitrogen and oxygen atoms in total. The van der Waals surface area contributed by atoms with Gasteiger partial charge in [0.2, 0.25) is 5.91 Å². The average molecular weight is 318 g/mol. The first kappa shape index (κ1) is 16.5. The van der Waals surface area contributed by atoms with Crippen LogP contribution >= 0.6 is 0 Å². The van der Waals surface area contributed by atoms with Crippen LogP contribution in [0.15, 0.2) is 12.4 Å². The van der Waals surface area contributed by atoms with Crippen molar-refractivity contribution in [3.05, 3.63) is 18.0 Å². The molecule has 5 heteroatoms. The topological polar surface area (TPSA) is 50.2 Å². The third kappa shape index (κ3) is 4.14. The maximum atomic E-state index is 12.5. The average Bonchev–Trinajstić information content (AvgIpc) is 3.20. The Balaban J connectivity index is 1.74. The van der Waals surface area contributed by atoms with Crippen molar-refractivity contribution in [3.8, 4) is 0 Å². The van der Waals surface area contributed by atoms with Gasteiger partial charge in [-0.05, 0) is 39.2 Å². The van der Waals surface area contributed by atoms with Crippen LogP contribution in [0.5, 0.6) is 0 Å². The number of amides is 1. The first-order valence-electron chi connectivity index (χ1n) is 9.31. The van der Waals surface area contributed by atoms with E-state index in [1.807, 2.05) is 10.9 Å². The third-order valence-corrected chi connectivity index (χ3v) is 5.35. The maximum Gasteiger partial charge on any atom is 0.224 e. The molecule has 1 aromatic heterocycles. The van der Waals surface area contributed by atoms with E-state index in [-0.39, 0.29) is 11.8 Å². The van der Waals surface area contributed by atoms with Gasteiger partial charge >= 0.3 is 0 Å². The second-order valence-corrected chi connectivity index (χ2v) is 6.98. The van der Waals surface area contributed by atoms with Crippen molar-refractivity contribution >= 4 is 5.91 Å². The zero-order valence-corrected chi connectivity index (χ0v) is 14.3. The van der Waals surface area contributed by atoms with Crippen LogP contribution in [0.2, 0.25) is 0 Å². The Labute approximate surface area is 139 Å². The Morgan fingerprint density at radius 1 is 1.22 bits per heavy atom. The Hall–Kier alpha value is -1.36. The largest absolute Gasteiger partial charge is 0.356 e. The van der Waals surface area contributed by atoms with Gasteiger partial charge in [-0.1, -0.05) is 19.3 Å². The second kappa shape index (κ2) is 7.95. The lowest BCUT2D eigenvalue weighted by molar-refractivity contribution is -0.126. The molecule has 1 saturated heterocycles. The molecule has 0 radical (unpaired) electrons. The minimum Gasteiger partial charge on any atom is -0.356 e. The normalized spacial score (nSPS) is 27.3. The summed E-state index contributed by atoms with van der Waals surface area (Å²) in [5, 5.41) is 7.57. The Morgan fingerprint density at radius 3 is 2.91 bits per heavy atom. The van der Waals surface area contributed by atoms with Gasteiger partial charge in [-0.15, -0.1) is 0 Å². The summed E-state index contributed by atoms with van der Waals surface area (Å²) in [5.74, 6) is 0.456. The molecular formula is C18H30N4O. The Kier molecular flexibility index (Phi) is 5.70. The Morgan fingerprint density at radius 2 is 2.09 bits per heavy atom. The molecule has 2 atom stereocenters. The van der Waals surface area contributed by atoms with E-state index in [9.17, 15) is 4.79 Å². The van der Waals surface area contributed by atoms with Gasteiger partial charge in [-0.2, -0.15) is 5.10 Å². The summed E-state index contributed by atoms with van der Waals surface area (Å²) in [4.78, 5) is 15.1. The number of carbonyl (C=O) groups is 1. The molecule has 1 N–H and O–H groups in total. The molecule has 1 aliphatic heterocycles. The van der Waals surface area contributed by atoms with Crippen molar-refractivity contribution < 1.29 is 4.79 Å². The molecular weight excluding hydrogens is 288 g/mol. The van der Waals surface area contributed by atoms with Crippen LogP contribution < -0.4 is 5.32 Å². The number of aryl methyl sites for hydroxylation is 1. The van der Waals surface area contributed by atoms with Crippen LogP contribution in [0.4, 0.5) is 0 Å². The number of nitrogens with one attached hydrogen (secondary N) is 1. The molecule has 128 valence electrons. The number of hydrogen-bond acceptors (Lipinski definition) is 3. The summed E-state index contributed by atoms with van der Waals surface area (Å²) in [7, 11) is 0. The number of nitrogens with zero attached hydrogens (tertiary/aromatic N) is 3. The van der Waals surface area contributed by atoms with Crippen LogP contribution in [0, 0.1) is 5.92 Å². The van der Waals surface area contributed by atoms with E-state index >= 15 is 0 Å². The molecule has 1 saturated carbocycles. The number of aromatic nitrogens is 2. The van der Waals surface area contributed by atoms with Crippen LogP contribution in [0.1, 0.15) is 57.4 Å². The molecule has 1 amide bonds. The number of fused-ring (bicyclic) bond motifs is 1. The van der Waals surface area contributed by atoms with Gasteiger partial charge in [0.15, 0.2) is 0 Å². The molecule has 2 unspecified atom stereocenters. The molecule has 0 aromatic carbocycles. The maximum absolute atomic E-state index is 12.5. The first-order valence-corrected chi connectivity index (χ1v) is 9.31. The third-order valence-electron chi connectivity index (χ3n) is 5.35. The summed E-state index contributed by atoms with van der Waals surface area (Å²) in [5.41, 5.74) is 1.27. The number of rotatable bonds is 3. The minimum absolute atomic E-state index is 0.175. The van der Waals surface area contributed by atoms with E-state index in [2.05, 4.69) is 28.4 Å². The minimum atomic E-state index is 0.175. The summed E-state index contributed by atoms with van der Waals surface area (Å²) >= 11 is 0. The number of hydrogen-bond donors (Lipinski definition) is 1. The summed E-state index contributed by atoms with van der Waals surface area (Å²) < 4.78 is 1.99. The highest BCUT2D eigenvalue weighted by Gasteiger charge is 2.36. The zero-order chi connectivity index (χ0) is 16.1. The van der Waals surface area contributed by atoms with Crippen molar-refractivity contribution in [1.29, 1.82) is 0 Å². The molecule has 2 aliphatic rings. The Bertz CT molecular complexity index is 513. The SMILES string of the molecule is CCn1cc(CN2CCCCCCNC(=O)C3CCCC32)cn1. The highest BCUT2D eigenvalue weighted by Crippen LogP contribution is 2.32. The van der Waals surface area contributed by atoms with Gasteiger partial charge < -0.3 is 5.32 Å². The monoisotopic (exact) mass is 318 g/mol. The van der Waals surface area contributed by atoms with Gasteiger partial charge in [0, 0.05) is 37.4 Å². The molecule has 0 bridgehead atoms. The molecule has 0 spiro atoms. The lowest BCUT2D eigenvalue weighted by Gasteiger charge is -2.32.